The van der Waals surface area contributed by atoms with E-state index in [1.54, 1.807) is 4.68 Å². The topological polar surface area (TPSA) is 53.1 Å². The summed E-state index contributed by atoms with van der Waals surface area (Å²) in [5, 5.41) is 4.32. The lowest BCUT2D eigenvalue weighted by molar-refractivity contribution is 0.296. The van der Waals surface area contributed by atoms with Gasteiger partial charge in [-0.15, -0.1) is 0 Å². The van der Waals surface area contributed by atoms with Crippen LogP contribution in [0.1, 0.15) is 18.3 Å². The van der Waals surface area contributed by atoms with E-state index < -0.39 is 0 Å². The van der Waals surface area contributed by atoms with E-state index in [4.69, 9.17) is 10.5 Å². The summed E-state index contributed by atoms with van der Waals surface area (Å²) >= 11 is 0. The fourth-order valence-corrected chi connectivity index (χ4v) is 1.68. The molecule has 4 nitrogen and oxygen atoms in total. The van der Waals surface area contributed by atoms with Gasteiger partial charge < -0.3 is 10.5 Å². The summed E-state index contributed by atoms with van der Waals surface area (Å²) < 4.78 is 20.2. The largest absolute Gasteiger partial charge is 0.485 e. The summed E-state index contributed by atoms with van der Waals surface area (Å²) in [5.74, 6) is 0.115. The third-order valence-electron chi connectivity index (χ3n) is 2.74. The van der Waals surface area contributed by atoms with Crippen LogP contribution in [-0.2, 0) is 20.1 Å². The molecule has 1 aromatic carbocycles. The predicted octanol–water partition coefficient (Wildman–Crippen LogP) is 2.28. The minimum atomic E-state index is -0.367. The van der Waals surface area contributed by atoms with Crippen LogP contribution in [0.2, 0.25) is 0 Å². The maximum atomic E-state index is 12.9. The second-order valence-corrected chi connectivity index (χ2v) is 4.07. The molecule has 0 radical (unpaired) electrons. The van der Waals surface area contributed by atoms with Crippen molar-refractivity contribution in [3.8, 4) is 5.75 Å². The molecule has 96 valence electrons. The molecule has 1 heterocycles. The number of nitrogens with two attached hydrogens (primary N) is 1. The van der Waals surface area contributed by atoms with E-state index in [0.29, 0.717) is 18.0 Å². The summed E-state index contributed by atoms with van der Waals surface area (Å²) in [6.07, 6.45) is 0.881. The first-order valence-electron chi connectivity index (χ1n) is 5.79. The molecular formula is C13H16FN3O. The van der Waals surface area contributed by atoms with E-state index in [9.17, 15) is 4.39 Å². The molecular weight excluding hydrogens is 233 g/mol. The SMILES string of the molecule is CCc1cc(COc2ccc(F)cc2N)n(C)n1. The highest BCUT2D eigenvalue weighted by Crippen LogP contribution is 2.22. The molecule has 2 rings (SSSR count). The number of nitrogens with zero attached hydrogens (tertiary/aromatic N) is 2. The maximum Gasteiger partial charge on any atom is 0.142 e. The lowest BCUT2D eigenvalue weighted by Crippen LogP contribution is -2.04. The normalized spacial score (nSPS) is 10.6. The molecule has 2 N–H and O–H groups in total. The van der Waals surface area contributed by atoms with E-state index in [0.717, 1.165) is 17.8 Å². The number of aromatic nitrogens is 2. The molecule has 0 aliphatic carbocycles. The van der Waals surface area contributed by atoms with Gasteiger partial charge in [-0.3, -0.25) is 4.68 Å². The van der Waals surface area contributed by atoms with E-state index in [1.165, 1.54) is 18.2 Å². The number of rotatable bonds is 4. The third-order valence-corrected chi connectivity index (χ3v) is 2.74. The first-order valence-corrected chi connectivity index (χ1v) is 5.79. The zero-order valence-electron chi connectivity index (χ0n) is 10.5. The molecule has 0 spiro atoms. The average Bonchev–Trinajstić information content (AvgIpc) is 2.69. The number of anilines is 1. The average molecular weight is 249 g/mol. The van der Waals surface area contributed by atoms with Crippen molar-refractivity contribution in [1.29, 1.82) is 0 Å². The predicted molar refractivity (Wildman–Crippen MR) is 67.7 cm³/mol. The van der Waals surface area contributed by atoms with Crippen LogP contribution in [0.15, 0.2) is 24.3 Å². The van der Waals surface area contributed by atoms with Crippen molar-refractivity contribution in [2.24, 2.45) is 7.05 Å². The molecule has 0 unspecified atom stereocenters. The Kier molecular flexibility index (Phi) is 3.50. The van der Waals surface area contributed by atoms with Gasteiger partial charge in [0.1, 0.15) is 18.2 Å². The third kappa shape index (κ3) is 2.61. The van der Waals surface area contributed by atoms with Crippen molar-refractivity contribution in [2.75, 3.05) is 5.73 Å². The van der Waals surface area contributed by atoms with Crippen molar-refractivity contribution in [1.82, 2.24) is 9.78 Å². The van der Waals surface area contributed by atoms with Crippen LogP contribution in [0, 0.1) is 5.82 Å². The first-order chi connectivity index (χ1) is 8.60. The van der Waals surface area contributed by atoms with Crippen LogP contribution in [0.5, 0.6) is 5.75 Å². The Morgan fingerprint density at radius 2 is 2.17 bits per heavy atom. The molecule has 5 heteroatoms. The summed E-state index contributed by atoms with van der Waals surface area (Å²) in [7, 11) is 1.87. The second-order valence-electron chi connectivity index (χ2n) is 4.07. The minimum absolute atomic E-state index is 0.299. The Morgan fingerprint density at radius 3 is 2.78 bits per heavy atom. The van der Waals surface area contributed by atoms with Crippen molar-refractivity contribution < 1.29 is 9.13 Å². The van der Waals surface area contributed by atoms with Crippen molar-refractivity contribution in [3.05, 3.63) is 41.5 Å². The Morgan fingerprint density at radius 1 is 1.39 bits per heavy atom. The van der Waals surface area contributed by atoms with Crippen LogP contribution in [0.25, 0.3) is 0 Å². The molecule has 0 atom stereocenters. The highest BCUT2D eigenvalue weighted by atomic mass is 19.1. The van der Waals surface area contributed by atoms with Gasteiger partial charge in [0.2, 0.25) is 0 Å². The second kappa shape index (κ2) is 5.08. The maximum absolute atomic E-state index is 12.9. The number of hydrogen-bond donors (Lipinski definition) is 1. The minimum Gasteiger partial charge on any atom is -0.485 e. The number of hydrogen-bond acceptors (Lipinski definition) is 3. The number of halogens is 1. The van der Waals surface area contributed by atoms with Crippen LogP contribution in [-0.4, -0.2) is 9.78 Å². The van der Waals surface area contributed by atoms with E-state index in [2.05, 4.69) is 5.10 Å². The van der Waals surface area contributed by atoms with E-state index >= 15 is 0 Å². The quantitative estimate of drug-likeness (QED) is 0.846. The van der Waals surface area contributed by atoms with Crippen molar-refractivity contribution >= 4 is 5.69 Å². The molecule has 0 bridgehead atoms. The van der Waals surface area contributed by atoms with Crippen LogP contribution >= 0.6 is 0 Å². The van der Waals surface area contributed by atoms with Gasteiger partial charge >= 0.3 is 0 Å². The zero-order chi connectivity index (χ0) is 13.1. The number of ether oxygens (including phenoxy) is 1. The van der Waals surface area contributed by atoms with Crippen LogP contribution in [0.3, 0.4) is 0 Å². The Bertz CT molecular complexity index is 551. The Hall–Kier alpha value is -2.04. The highest BCUT2D eigenvalue weighted by molar-refractivity contribution is 5.52. The van der Waals surface area contributed by atoms with Gasteiger partial charge in [-0.05, 0) is 24.6 Å². The number of nitrogen functional groups attached to an aromatic ring is 1. The Balaban J connectivity index is 2.08. The molecule has 0 aliphatic rings. The molecule has 2 aromatic rings. The van der Waals surface area contributed by atoms with Gasteiger partial charge in [-0.2, -0.15) is 5.10 Å². The van der Waals surface area contributed by atoms with Crippen molar-refractivity contribution in [2.45, 2.75) is 20.0 Å². The van der Waals surface area contributed by atoms with E-state index in [-0.39, 0.29) is 5.82 Å². The van der Waals surface area contributed by atoms with Gasteiger partial charge in [-0.25, -0.2) is 4.39 Å². The monoisotopic (exact) mass is 249 g/mol. The first kappa shape index (κ1) is 12.4. The van der Waals surface area contributed by atoms with Gasteiger partial charge in [0.05, 0.1) is 17.1 Å². The standard InChI is InChI=1S/C13H16FN3O/c1-3-10-7-11(17(2)16-10)8-18-13-5-4-9(14)6-12(13)15/h4-7H,3,8,15H2,1-2H3. The molecule has 18 heavy (non-hydrogen) atoms. The van der Waals surface area contributed by atoms with Gasteiger partial charge in [0.25, 0.3) is 0 Å². The summed E-state index contributed by atoms with van der Waals surface area (Å²) in [4.78, 5) is 0. The molecule has 0 aliphatic heterocycles. The van der Waals surface area contributed by atoms with Gasteiger partial charge in [0, 0.05) is 13.1 Å². The fourth-order valence-electron chi connectivity index (χ4n) is 1.68. The number of aryl methyl sites for hydroxylation is 2. The summed E-state index contributed by atoms with van der Waals surface area (Å²) in [6.45, 7) is 2.41. The van der Waals surface area contributed by atoms with Gasteiger partial charge in [0.15, 0.2) is 0 Å². The van der Waals surface area contributed by atoms with Gasteiger partial charge in [-0.1, -0.05) is 6.92 Å². The molecule has 0 saturated heterocycles. The van der Waals surface area contributed by atoms with Crippen LogP contribution < -0.4 is 10.5 Å². The lowest BCUT2D eigenvalue weighted by atomic mass is 10.3. The fraction of sp³-hybridized carbons (Fsp3) is 0.308. The molecule has 0 saturated carbocycles. The molecule has 0 amide bonds. The highest BCUT2D eigenvalue weighted by Gasteiger charge is 2.06. The smallest absolute Gasteiger partial charge is 0.142 e. The van der Waals surface area contributed by atoms with E-state index in [1.807, 2.05) is 20.0 Å². The van der Waals surface area contributed by atoms with Crippen molar-refractivity contribution in [3.63, 3.8) is 0 Å². The molecule has 1 aromatic heterocycles. The lowest BCUT2D eigenvalue weighted by Gasteiger charge is -2.08. The summed E-state index contributed by atoms with van der Waals surface area (Å²) in [5.41, 5.74) is 7.94. The number of benzene rings is 1. The Labute approximate surface area is 105 Å². The van der Waals surface area contributed by atoms with Crippen LogP contribution in [0.4, 0.5) is 10.1 Å². The zero-order valence-corrected chi connectivity index (χ0v) is 10.5. The summed E-state index contributed by atoms with van der Waals surface area (Å²) in [6, 6.07) is 6.09. The molecule has 0 fully saturated rings.